The molecular weight excluding hydrogens is 484 g/mol. The lowest BCUT2D eigenvalue weighted by Crippen LogP contribution is -2.36. The van der Waals surface area contributed by atoms with Crippen LogP contribution in [0.1, 0.15) is 46.9 Å². The van der Waals surface area contributed by atoms with Gasteiger partial charge >= 0.3 is 6.18 Å². The molecule has 0 aliphatic carbocycles. The van der Waals surface area contributed by atoms with Gasteiger partial charge in [0.1, 0.15) is 17.7 Å². The Kier molecular flexibility index (Phi) is 6.74. The van der Waals surface area contributed by atoms with Crippen molar-refractivity contribution in [3.05, 3.63) is 63.3 Å². The monoisotopic (exact) mass is 508 g/mol. The van der Waals surface area contributed by atoms with Gasteiger partial charge in [-0.3, -0.25) is 9.59 Å². The van der Waals surface area contributed by atoms with E-state index >= 15 is 0 Å². The summed E-state index contributed by atoms with van der Waals surface area (Å²) in [5.41, 5.74) is -3.77. The smallest absolute Gasteiger partial charge is 0.433 e. The van der Waals surface area contributed by atoms with Crippen molar-refractivity contribution in [3.8, 4) is 5.75 Å². The van der Waals surface area contributed by atoms with Crippen LogP contribution in [0.3, 0.4) is 0 Å². The summed E-state index contributed by atoms with van der Waals surface area (Å²) in [6.07, 6.45) is -5.77. The van der Waals surface area contributed by atoms with Crippen LogP contribution in [0.4, 0.5) is 17.6 Å². The number of hydrogen-bond donors (Lipinski definition) is 1. The van der Waals surface area contributed by atoms with Crippen molar-refractivity contribution < 1.29 is 31.8 Å². The van der Waals surface area contributed by atoms with Crippen LogP contribution in [-0.2, 0) is 10.9 Å². The average molecular weight is 508 g/mol. The number of nitrogens with one attached hydrogen (secondary N) is 1. The third-order valence-electron chi connectivity index (χ3n) is 5.96. The molecule has 0 spiro atoms. The van der Waals surface area contributed by atoms with Gasteiger partial charge in [-0.25, -0.2) is 14.4 Å². The molecule has 1 amide bonds. The summed E-state index contributed by atoms with van der Waals surface area (Å²) in [4.78, 5) is 36.3. The summed E-state index contributed by atoms with van der Waals surface area (Å²) in [7, 11) is 1.40. The number of likely N-dealkylation sites (tertiary alicyclic amines) is 1. The third-order valence-corrected chi connectivity index (χ3v) is 5.96. The zero-order chi connectivity index (χ0) is 26.3. The number of aromatic amines is 1. The van der Waals surface area contributed by atoms with E-state index in [-0.39, 0.29) is 65.8 Å². The first kappa shape index (κ1) is 25.5. The number of halogens is 4. The van der Waals surface area contributed by atoms with Gasteiger partial charge in [0.25, 0.3) is 11.5 Å². The van der Waals surface area contributed by atoms with Crippen molar-refractivity contribution in [2.45, 2.75) is 38.2 Å². The van der Waals surface area contributed by atoms with Crippen molar-refractivity contribution in [1.29, 1.82) is 0 Å². The molecule has 8 nitrogen and oxygen atoms in total. The first-order valence-electron chi connectivity index (χ1n) is 11.1. The summed E-state index contributed by atoms with van der Waals surface area (Å²) >= 11 is 0. The Morgan fingerprint density at radius 2 is 1.94 bits per heavy atom. The fourth-order valence-corrected chi connectivity index (χ4v) is 4.24. The molecule has 3 aromatic rings. The molecule has 12 heteroatoms. The summed E-state index contributed by atoms with van der Waals surface area (Å²) in [6, 6.07) is 6.88. The van der Waals surface area contributed by atoms with Crippen LogP contribution < -0.4 is 10.3 Å². The van der Waals surface area contributed by atoms with E-state index in [1.54, 1.807) is 0 Å². The van der Waals surface area contributed by atoms with Crippen LogP contribution >= 0.6 is 0 Å². The Balaban J connectivity index is 1.56. The summed E-state index contributed by atoms with van der Waals surface area (Å²) in [5, 5.41) is -0.0944. The van der Waals surface area contributed by atoms with Crippen molar-refractivity contribution >= 4 is 16.9 Å². The minimum absolute atomic E-state index is 0.0857. The molecule has 3 heterocycles. The second-order valence-corrected chi connectivity index (χ2v) is 8.79. The molecule has 1 fully saturated rings. The number of benzene rings is 1. The highest BCUT2D eigenvalue weighted by molar-refractivity contribution is 5.94. The number of alkyl halides is 4. The first-order valence-corrected chi connectivity index (χ1v) is 11.1. The molecule has 0 radical (unpaired) electrons. The number of methoxy groups -OCH3 is 1. The lowest BCUT2D eigenvalue weighted by Gasteiger charge is -2.21. The van der Waals surface area contributed by atoms with Gasteiger partial charge in [-0.15, -0.1) is 0 Å². The Labute approximate surface area is 203 Å². The highest BCUT2D eigenvalue weighted by Crippen LogP contribution is 2.36. The van der Waals surface area contributed by atoms with Gasteiger partial charge < -0.3 is 19.4 Å². The van der Waals surface area contributed by atoms with E-state index in [9.17, 15) is 27.2 Å². The van der Waals surface area contributed by atoms with Crippen molar-refractivity contribution in [1.82, 2.24) is 19.9 Å². The van der Waals surface area contributed by atoms with Gasteiger partial charge in [-0.2, -0.15) is 13.2 Å². The van der Waals surface area contributed by atoms with Crippen LogP contribution in [-0.4, -0.2) is 58.2 Å². The van der Waals surface area contributed by atoms with Crippen LogP contribution in [0.2, 0.25) is 0 Å². The molecule has 1 aliphatic rings. The van der Waals surface area contributed by atoms with E-state index in [4.69, 9.17) is 9.47 Å². The molecule has 1 aliphatic heterocycles. The van der Waals surface area contributed by atoms with E-state index in [2.05, 4.69) is 15.0 Å². The Morgan fingerprint density at radius 1 is 1.25 bits per heavy atom. The topological polar surface area (TPSA) is 97.4 Å². The number of fused-ring (bicyclic) bond motifs is 1. The lowest BCUT2D eigenvalue weighted by molar-refractivity contribution is -0.142. The minimum atomic E-state index is -4.81. The van der Waals surface area contributed by atoms with Crippen LogP contribution in [0.15, 0.2) is 35.1 Å². The van der Waals surface area contributed by atoms with Gasteiger partial charge in [0, 0.05) is 31.2 Å². The number of rotatable bonds is 6. The molecular formula is C24H24F4N4O4. The number of hydrogen-bond acceptors (Lipinski definition) is 6. The van der Waals surface area contributed by atoms with E-state index in [0.29, 0.717) is 0 Å². The Bertz CT molecular complexity index is 1340. The maximum absolute atomic E-state index is 14.6. The zero-order valence-corrected chi connectivity index (χ0v) is 19.8. The van der Waals surface area contributed by atoms with E-state index in [1.807, 2.05) is 0 Å². The first-order chi connectivity index (χ1) is 16.9. The molecule has 192 valence electrons. The fraction of sp³-hybridized carbons (Fsp3) is 0.417. The summed E-state index contributed by atoms with van der Waals surface area (Å²) < 4.78 is 66.5. The van der Waals surface area contributed by atoms with Crippen molar-refractivity contribution in [2.75, 3.05) is 26.8 Å². The predicted octanol–water partition coefficient (Wildman–Crippen LogP) is 3.99. The van der Waals surface area contributed by atoms with Gasteiger partial charge in [-0.05, 0) is 44.2 Å². The minimum Gasteiger partial charge on any atom is -0.486 e. The maximum Gasteiger partial charge on any atom is 0.433 e. The Morgan fingerprint density at radius 3 is 2.58 bits per heavy atom. The molecule has 0 unspecified atom stereocenters. The number of ether oxygens (including phenoxy) is 2. The van der Waals surface area contributed by atoms with Gasteiger partial charge in [0.2, 0.25) is 0 Å². The average Bonchev–Trinajstić information content (AvgIpc) is 3.19. The highest BCUT2D eigenvalue weighted by atomic mass is 19.4. The van der Waals surface area contributed by atoms with E-state index in [0.717, 1.165) is 6.07 Å². The number of H-pyrrole nitrogens is 1. The second kappa shape index (κ2) is 9.49. The van der Waals surface area contributed by atoms with Gasteiger partial charge in [0.15, 0.2) is 17.0 Å². The van der Waals surface area contributed by atoms with Crippen LogP contribution in [0.25, 0.3) is 11.0 Å². The molecule has 0 bridgehead atoms. The largest absolute Gasteiger partial charge is 0.486 e. The molecule has 2 atom stereocenters. The normalized spacial score (nSPS) is 19.0. The fourth-order valence-electron chi connectivity index (χ4n) is 4.24. The second-order valence-electron chi connectivity index (χ2n) is 8.79. The number of carbonyl (C=O) groups excluding carboxylic acids is 1. The molecule has 2 aromatic heterocycles. The van der Waals surface area contributed by atoms with Gasteiger partial charge in [0.05, 0.1) is 18.5 Å². The number of pyridine rings is 1. The summed E-state index contributed by atoms with van der Waals surface area (Å²) in [5.74, 6) is -0.0289. The van der Waals surface area contributed by atoms with Gasteiger partial charge in [-0.1, -0.05) is 0 Å². The molecule has 36 heavy (non-hydrogen) atoms. The highest BCUT2D eigenvalue weighted by Gasteiger charge is 2.41. The summed E-state index contributed by atoms with van der Waals surface area (Å²) in [6.45, 7) is 2.90. The number of nitrogens with zero attached hydrogens (tertiary/aromatic N) is 3. The van der Waals surface area contributed by atoms with Crippen LogP contribution in [0.5, 0.6) is 5.75 Å². The maximum atomic E-state index is 14.6. The molecule has 0 saturated carbocycles. The SMILES string of the molecule is COC[C@@]1(F)CCN(C(=O)c2ccc(O[C@H](C)c3cc4c(=O)[nH]c(C)nc4nc3C(F)(F)F)cc2)C1. The van der Waals surface area contributed by atoms with E-state index < -0.39 is 29.2 Å². The third kappa shape index (κ3) is 5.18. The van der Waals surface area contributed by atoms with Crippen LogP contribution in [0, 0.1) is 6.92 Å². The molecule has 1 saturated heterocycles. The van der Waals surface area contributed by atoms with E-state index in [1.165, 1.54) is 50.1 Å². The number of aromatic nitrogens is 3. The molecule has 1 aromatic carbocycles. The lowest BCUT2D eigenvalue weighted by atomic mass is 10.1. The number of aryl methyl sites for hydroxylation is 1. The quantitative estimate of drug-likeness (QED) is 0.506. The predicted molar refractivity (Wildman–Crippen MR) is 122 cm³/mol. The Hall–Kier alpha value is -3.54. The van der Waals surface area contributed by atoms with Crippen molar-refractivity contribution in [3.63, 3.8) is 0 Å². The standard InChI is InChI=1S/C24H24F4N4O4/c1-13(17-10-18-20(29-14(2)30-21(18)33)31-19(17)24(26,27)28)36-16-6-4-15(5-7-16)22(34)32-9-8-23(25,11-32)12-35-3/h4-7,10,13H,8-9,11-12H2,1-3H3,(H,29,30,31,33)/t13-,23-/m1/s1. The van der Waals surface area contributed by atoms with Crippen molar-refractivity contribution in [2.24, 2.45) is 0 Å². The number of amides is 1. The zero-order valence-electron chi connectivity index (χ0n) is 19.8. The number of carbonyl (C=O) groups is 1. The molecule has 4 rings (SSSR count). The molecule has 1 N–H and O–H groups in total.